The molecule has 0 saturated carbocycles. The Morgan fingerprint density at radius 1 is 1.27 bits per heavy atom. The molecule has 0 aliphatic carbocycles. The van der Waals surface area contributed by atoms with Crippen molar-refractivity contribution in [3.05, 3.63) is 46.2 Å². The lowest BCUT2D eigenvalue weighted by Crippen LogP contribution is -2.13. The predicted octanol–water partition coefficient (Wildman–Crippen LogP) is 4.24. The molecule has 0 atom stereocenters. The highest BCUT2D eigenvalue weighted by Crippen LogP contribution is 2.27. The minimum atomic E-state index is -0.204. The third-order valence-corrected chi connectivity index (χ3v) is 3.82. The van der Waals surface area contributed by atoms with Crippen LogP contribution in [0, 0.1) is 5.92 Å². The zero-order valence-electron chi connectivity index (χ0n) is 12.9. The fraction of sp³-hybridized carbons (Fsp3) is 0.294. The van der Waals surface area contributed by atoms with Gasteiger partial charge in [-0.2, -0.15) is 0 Å². The summed E-state index contributed by atoms with van der Waals surface area (Å²) in [6.45, 7) is 6.14. The van der Waals surface area contributed by atoms with Gasteiger partial charge in [0, 0.05) is 5.56 Å². The topological polar surface area (TPSA) is 55.4 Å². The highest BCUT2D eigenvalue weighted by Gasteiger charge is 2.13. The number of nitrogens with one attached hydrogen (secondary N) is 1. The first-order valence-electron chi connectivity index (χ1n) is 7.10. The molecule has 0 unspecified atom stereocenters. The largest absolute Gasteiger partial charge is 0.491 e. The number of benzene rings is 1. The van der Waals surface area contributed by atoms with Crippen LogP contribution in [0.15, 0.2) is 35.7 Å². The first-order valence-corrected chi connectivity index (χ1v) is 7.98. The summed E-state index contributed by atoms with van der Waals surface area (Å²) in [5, 5.41) is 4.67. The van der Waals surface area contributed by atoms with Gasteiger partial charge >= 0.3 is 0 Å². The molecule has 1 aromatic carbocycles. The van der Waals surface area contributed by atoms with Crippen LogP contribution in [0.25, 0.3) is 0 Å². The van der Waals surface area contributed by atoms with Gasteiger partial charge in [0.05, 0.1) is 17.2 Å². The molecule has 116 valence electrons. The van der Waals surface area contributed by atoms with Crippen LogP contribution >= 0.6 is 11.3 Å². The van der Waals surface area contributed by atoms with Gasteiger partial charge in [-0.05, 0) is 42.5 Å². The molecule has 1 heterocycles. The minimum absolute atomic E-state index is 0.0537. The number of anilines is 1. The Hall–Kier alpha value is -2.14. The maximum Gasteiger partial charge on any atom is 0.265 e. The summed E-state index contributed by atoms with van der Waals surface area (Å²) in [5.74, 6) is 0.684. The summed E-state index contributed by atoms with van der Waals surface area (Å²) in [4.78, 5) is 24.4. The maximum absolute atomic E-state index is 12.2. The standard InChI is InChI=1S/C17H19NO3S/c1-11(2)10-21-15-7-6-13(12(3)19)9-14(15)18-17(20)16-5-4-8-22-16/h4-9,11H,10H2,1-3H3,(H,18,20). The number of ether oxygens (including phenoxy) is 1. The van der Waals surface area contributed by atoms with Crippen molar-refractivity contribution >= 4 is 28.7 Å². The van der Waals surface area contributed by atoms with E-state index in [9.17, 15) is 9.59 Å². The molecule has 0 aliphatic heterocycles. The lowest BCUT2D eigenvalue weighted by Gasteiger charge is -2.14. The van der Waals surface area contributed by atoms with Crippen LogP contribution in [0.3, 0.4) is 0 Å². The van der Waals surface area contributed by atoms with Crippen molar-refractivity contribution in [1.29, 1.82) is 0 Å². The second kappa shape index (κ2) is 7.22. The summed E-state index contributed by atoms with van der Waals surface area (Å²) < 4.78 is 5.73. The van der Waals surface area contributed by atoms with E-state index in [1.54, 1.807) is 24.3 Å². The molecule has 0 spiro atoms. The average Bonchev–Trinajstić information content (AvgIpc) is 2.99. The molecule has 5 heteroatoms. The highest BCUT2D eigenvalue weighted by atomic mass is 32.1. The van der Waals surface area contributed by atoms with Crippen molar-refractivity contribution in [3.8, 4) is 5.75 Å². The summed E-state index contributed by atoms with van der Waals surface area (Å²) in [7, 11) is 0. The van der Waals surface area contributed by atoms with Gasteiger partial charge in [-0.1, -0.05) is 19.9 Å². The Kier molecular flexibility index (Phi) is 5.33. The number of Topliss-reactive ketones (excluding diaryl/α,β-unsaturated/α-hetero) is 1. The van der Waals surface area contributed by atoms with Gasteiger partial charge in [0.1, 0.15) is 5.75 Å². The highest BCUT2D eigenvalue weighted by molar-refractivity contribution is 7.12. The molecule has 0 saturated heterocycles. The smallest absolute Gasteiger partial charge is 0.265 e. The molecule has 1 N–H and O–H groups in total. The number of carbonyl (C=O) groups excluding carboxylic acids is 2. The molecule has 2 rings (SSSR count). The molecule has 0 aliphatic rings. The van der Waals surface area contributed by atoms with E-state index >= 15 is 0 Å². The van der Waals surface area contributed by atoms with Crippen LogP contribution in [0.4, 0.5) is 5.69 Å². The third-order valence-electron chi connectivity index (χ3n) is 2.95. The molecule has 1 aromatic heterocycles. The van der Waals surface area contributed by atoms with Crippen LogP contribution in [0.5, 0.6) is 5.75 Å². The van der Waals surface area contributed by atoms with Crippen molar-refractivity contribution in [3.63, 3.8) is 0 Å². The number of hydrogen-bond donors (Lipinski definition) is 1. The van der Waals surface area contributed by atoms with E-state index in [0.717, 1.165) is 0 Å². The molecule has 0 radical (unpaired) electrons. The van der Waals surface area contributed by atoms with Crippen LogP contribution in [-0.4, -0.2) is 18.3 Å². The monoisotopic (exact) mass is 317 g/mol. The van der Waals surface area contributed by atoms with Gasteiger partial charge < -0.3 is 10.1 Å². The zero-order valence-corrected chi connectivity index (χ0v) is 13.7. The first kappa shape index (κ1) is 16.2. The quantitative estimate of drug-likeness (QED) is 0.811. The Morgan fingerprint density at radius 2 is 2.05 bits per heavy atom. The predicted molar refractivity (Wildman–Crippen MR) is 89.1 cm³/mol. The van der Waals surface area contributed by atoms with E-state index in [4.69, 9.17) is 4.74 Å². The number of amides is 1. The minimum Gasteiger partial charge on any atom is -0.491 e. The van der Waals surface area contributed by atoms with Crippen molar-refractivity contribution in [2.24, 2.45) is 5.92 Å². The van der Waals surface area contributed by atoms with Crippen LogP contribution in [0.2, 0.25) is 0 Å². The lowest BCUT2D eigenvalue weighted by atomic mass is 10.1. The van der Waals surface area contributed by atoms with E-state index in [1.807, 2.05) is 25.3 Å². The normalized spacial score (nSPS) is 10.5. The molecule has 4 nitrogen and oxygen atoms in total. The van der Waals surface area contributed by atoms with Crippen molar-refractivity contribution < 1.29 is 14.3 Å². The van der Waals surface area contributed by atoms with Crippen LogP contribution in [0.1, 0.15) is 40.8 Å². The van der Waals surface area contributed by atoms with Gasteiger partial charge in [-0.15, -0.1) is 11.3 Å². The van der Waals surface area contributed by atoms with Crippen LogP contribution in [-0.2, 0) is 0 Å². The summed E-state index contributed by atoms with van der Waals surface area (Å²) in [6.07, 6.45) is 0. The first-order chi connectivity index (χ1) is 10.5. The van der Waals surface area contributed by atoms with E-state index in [-0.39, 0.29) is 11.7 Å². The zero-order chi connectivity index (χ0) is 16.1. The molecular formula is C17H19NO3S. The average molecular weight is 317 g/mol. The lowest BCUT2D eigenvalue weighted by molar-refractivity contribution is 0.101. The number of carbonyl (C=O) groups is 2. The van der Waals surface area contributed by atoms with Gasteiger partial charge in [-0.25, -0.2) is 0 Å². The second-order valence-electron chi connectivity index (χ2n) is 5.40. The molecule has 2 aromatic rings. The fourth-order valence-corrected chi connectivity index (χ4v) is 2.44. The molecule has 22 heavy (non-hydrogen) atoms. The van der Waals surface area contributed by atoms with E-state index in [0.29, 0.717) is 34.4 Å². The van der Waals surface area contributed by atoms with Crippen molar-refractivity contribution in [2.45, 2.75) is 20.8 Å². The number of rotatable bonds is 6. The molecular weight excluding hydrogens is 298 g/mol. The summed E-state index contributed by atoms with van der Waals surface area (Å²) >= 11 is 1.37. The molecule has 0 bridgehead atoms. The Bertz CT molecular complexity index is 663. The van der Waals surface area contributed by atoms with Gasteiger partial charge in [0.15, 0.2) is 5.78 Å². The van der Waals surface area contributed by atoms with Gasteiger partial charge in [0.25, 0.3) is 5.91 Å². The Labute approximate surface area is 134 Å². The Balaban J connectivity index is 2.26. The molecule has 0 fully saturated rings. The Morgan fingerprint density at radius 3 is 2.64 bits per heavy atom. The van der Waals surface area contributed by atoms with Gasteiger partial charge in [0.2, 0.25) is 0 Å². The molecule has 1 amide bonds. The second-order valence-corrected chi connectivity index (χ2v) is 6.35. The van der Waals surface area contributed by atoms with Crippen molar-refractivity contribution in [1.82, 2.24) is 0 Å². The van der Waals surface area contributed by atoms with E-state index in [2.05, 4.69) is 5.32 Å². The van der Waals surface area contributed by atoms with Crippen LogP contribution < -0.4 is 10.1 Å². The third kappa shape index (κ3) is 4.18. The van der Waals surface area contributed by atoms with E-state index in [1.165, 1.54) is 18.3 Å². The number of hydrogen-bond acceptors (Lipinski definition) is 4. The fourth-order valence-electron chi connectivity index (χ4n) is 1.82. The number of thiophene rings is 1. The SMILES string of the molecule is CC(=O)c1ccc(OCC(C)C)c(NC(=O)c2cccs2)c1. The summed E-state index contributed by atoms with van der Waals surface area (Å²) in [6, 6.07) is 8.66. The van der Waals surface area contributed by atoms with E-state index < -0.39 is 0 Å². The maximum atomic E-state index is 12.2. The van der Waals surface area contributed by atoms with Gasteiger partial charge in [-0.3, -0.25) is 9.59 Å². The number of ketones is 1. The summed E-state index contributed by atoms with van der Waals surface area (Å²) in [5.41, 5.74) is 1.06. The van der Waals surface area contributed by atoms with Crippen molar-refractivity contribution in [2.75, 3.05) is 11.9 Å².